The fourth-order valence-corrected chi connectivity index (χ4v) is 16.2. The summed E-state index contributed by atoms with van der Waals surface area (Å²) in [5.41, 5.74) is 6.04. The zero-order chi connectivity index (χ0) is 18.5. The second-order valence-electron chi connectivity index (χ2n) is 6.79. The van der Waals surface area contributed by atoms with Crippen molar-refractivity contribution in [2.75, 3.05) is 0 Å². The van der Waals surface area contributed by atoms with Crippen molar-refractivity contribution in [2.24, 2.45) is 5.73 Å². The van der Waals surface area contributed by atoms with Crippen molar-refractivity contribution in [1.29, 1.82) is 0 Å². The second kappa shape index (κ2) is 12.2. The number of unbranched alkanes of at least 4 members (excludes halogenated alkanes) is 3. The van der Waals surface area contributed by atoms with Crippen LogP contribution in [0.2, 0.25) is 13.3 Å². The van der Waals surface area contributed by atoms with E-state index in [1.165, 1.54) is 51.8 Å². The van der Waals surface area contributed by atoms with Crippen LogP contribution in [0.4, 0.5) is 4.79 Å². The van der Waals surface area contributed by atoms with Crippen molar-refractivity contribution in [3.05, 3.63) is 29.8 Å². The van der Waals surface area contributed by atoms with Crippen LogP contribution >= 0.6 is 0 Å². The number of ether oxygens (including phenoxy) is 1. The van der Waals surface area contributed by atoms with Gasteiger partial charge < -0.3 is 0 Å². The zero-order valence-corrected chi connectivity index (χ0v) is 18.9. The van der Waals surface area contributed by atoms with Crippen molar-refractivity contribution in [3.63, 3.8) is 0 Å². The molecule has 25 heavy (non-hydrogen) atoms. The Morgan fingerprint density at radius 2 is 1.44 bits per heavy atom. The average Bonchev–Trinajstić information content (AvgIpc) is 2.61. The molecule has 1 aromatic carbocycles. The molecule has 0 aromatic heterocycles. The molecule has 0 fully saturated rings. The van der Waals surface area contributed by atoms with Gasteiger partial charge in [0.15, 0.2) is 0 Å². The first-order valence-corrected chi connectivity index (χ1v) is 17.1. The van der Waals surface area contributed by atoms with Gasteiger partial charge in [-0.3, -0.25) is 0 Å². The molecule has 1 aromatic rings. The van der Waals surface area contributed by atoms with E-state index in [-0.39, 0.29) is 0 Å². The molecule has 0 unspecified atom stereocenters. The Balaban J connectivity index is 2.97. The van der Waals surface area contributed by atoms with E-state index in [4.69, 9.17) is 10.5 Å². The molecule has 4 heteroatoms. The molecule has 0 bridgehead atoms. The van der Waals surface area contributed by atoms with E-state index in [1.54, 1.807) is 12.1 Å². The summed E-state index contributed by atoms with van der Waals surface area (Å²) in [6.45, 7) is 6.84. The van der Waals surface area contributed by atoms with Gasteiger partial charge in [0.05, 0.1) is 0 Å². The van der Waals surface area contributed by atoms with Gasteiger partial charge in [-0.1, -0.05) is 0 Å². The normalized spacial score (nSPS) is 10.8. The number of benzene rings is 1. The number of hydrogen-bond acceptors (Lipinski definition) is 2. The third-order valence-electron chi connectivity index (χ3n) is 4.57. The summed E-state index contributed by atoms with van der Waals surface area (Å²) in [6.07, 6.45) is 6.97. The summed E-state index contributed by atoms with van der Waals surface area (Å²) < 4.78 is 12.9. The predicted octanol–water partition coefficient (Wildman–Crippen LogP) is 5.88. The van der Waals surface area contributed by atoms with Gasteiger partial charge in [-0.05, 0) is 0 Å². The molecule has 138 valence electrons. The van der Waals surface area contributed by atoms with Crippen LogP contribution in [0.25, 0.3) is 0 Å². The van der Waals surface area contributed by atoms with Crippen molar-refractivity contribution in [3.8, 4) is 15.6 Å². The molecule has 0 spiro atoms. The van der Waals surface area contributed by atoms with Crippen LogP contribution in [0.15, 0.2) is 24.3 Å². The van der Waals surface area contributed by atoms with Gasteiger partial charge in [0.2, 0.25) is 0 Å². The number of primary amides is 1. The van der Waals surface area contributed by atoms with E-state index in [2.05, 4.69) is 30.6 Å². The second-order valence-corrected chi connectivity index (χ2v) is 19.1. The molecule has 0 saturated heterocycles. The van der Waals surface area contributed by atoms with Crippen LogP contribution < -0.4 is 10.5 Å². The standard InChI is InChI=1S/C9H6NO2.3C4H9.Sn/c1-2-7-3-5-8(6-4-7)12-9(10)11;3*1-3-4-2;/h3-6H,(H2,10,11);3*1,3-4H2,2H3;. The van der Waals surface area contributed by atoms with Crippen molar-refractivity contribution in [1.82, 2.24) is 0 Å². The Labute approximate surface area is 157 Å². The Morgan fingerprint density at radius 3 is 1.84 bits per heavy atom. The first-order valence-electron chi connectivity index (χ1n) is 9.65. The van der Waals surface area contributed by atoms with Gasteiger partial charge >= 0.3 is 158 Å². The van der Waals surface area contributed by atoms with Crippen LogP contribution in [0.1, 0.15) is 64.9 Å². The first-order chi connectivity index (χ1) is 12.0. The van der Waals surface area contributed by atoms with E-state index in [0.717, 1.165) is 5.56 Å². The van der Waals surface area contributed by atoms with Gasteiger partial charge in [0.25, 0.3) is 0 Å². The minimum atomic E-state index is -2.41. The van der Waals surface area contributed by atoms with E-state index < -0.39 is 24.5 Å². The molecule has 0 saturated carbocycles. The molecule has 0 aliphatic heterocycles. The summed E-state index contributed by atoms with van der Waals surface area (Å²) >= 11 is -2.41. The van der Waals surface area contributed by atoms with E-state index in [0.29, 0.717) is 5.75 Å². The molecule has 0 aliphatic carbocycles. The number of amides is 1. The Morgan fingerprint density at radius 1 is 0.960 bits per heavy atom. The molecule has 3 nitrogen and oxygen atoms in total. The third kappa shape index (κ3) is 8.67. The quantitative estimate of drug-likeness (QED) is 0.358. The fraction of sp³-hybridized carbons (Fsp3) is 0.571. The Kier molecular flexibility index (Phi) is 10.7. The maximum absolute atomic E-state index is 10.8. The number of carbonyl (C=O) groups excluding carboxylic acids is 1. The van der Waals surface area contributed by atoms with E-state index in [1.807, 2.05) is 12.1 Å². The van der Waals surface area contributed by atoms with Crippen LogP contribution in [-0.4, -0.2) is 24.5 Å². The SMILES string of the molecule is CCC[CH2][Sn]([C]#Cc1ccc(OC(N)=O)cc1)([CH2]CCC)[CH2]CCC. The molecule has 2 N–H and O–H groups in total. The molecule has 0 atom stereocenters. The minimum absolute atomic E-state index is 0.468. The van der Waals surface area contributed by atoms with E-state index >= 15 is 0 Å². The zero-order valence-electron chi connectivity index (χ0n) is 16.1. The van der Waals surface area contributed by atoms with Crippen molar-refractivity contribution < 1.29 is 9.53 Å². The maximum atomic E-state index is 10.8. The Bertz CT molecular complexity index is 550. The molecule has 1 amide bonds. The first kappa shape index (κ1) is 21.9. The van der Waals surface area contributed by atoms with Gasteiger partial charge in [0.1, 0.15) is 0 Å². The van der Waals surface area contributed by atoms with Gasteiger partial charge in [-0.15, -0.1) is 0 Å². The predicted molar refractivity (Wildman–Crippen MR) is 108 cm³/mol. The van der Waals surface area contributed by atoms with Crippen molar-refractivity contribution in [2.45, 2.75) is 72.6 Å². The monoisotopic (exact) mass is 451 g/mol. The number of rotatable bonds is 10. The molecule has 0 heterocycles. The third-order valence-corrected chi connectivity index (χ3v) is 17.7. The van der Waals surface area contributed by atoms with Gasteiger partial charge in [-0.2, -0.15) is 0 Å². The molecule has 0 radical (unpaired) electrons. The van der Waals surface area contributed by atoms with Crippen LogP contribution in [0.3, 0.4) is 0 Å². The summed E-state index contributed by atoms with van der Waals surface area (Å²) in [5, 5.41) is 0. The summed E-state index contributed by atoms with van der Waals surface area (Å²) in [5.74, 6) is 3.93. The Hall–Kier alpha value is -1.15. The molecule has 1 rings (SSSR count). The number of carbonyl (C=O) groups is 1. The fourth-order valence-electron chi connectivity index (χ4n) is 3.04. The number of hydrogen-bond donors (Lipinski definition) is 1. The summed E-state index contributed by atoms with van der Waals surface area (Å²) in [4.78, 5) is 10.8. The van der Waals surface area contributed by atoms with E-state index in [9.17, 15) is 4.79 Å². The summed E-state index contributed by atoms with van der Waals surface area (Å²) in [7, 11) is 0. The summed E-state index contributed by atoms with van der Waals surface area (Å²) in [6, 6.07) is 7.36. The molecular weight excluding hydrogens is 417 g/mol. The molecule has 0 aliphatic rings. The van der Waals surface area contributed by atoms with Crippen molar-refractivity contribution >= 4 is 24.5 Å². The topological polar surface area (TPSA) is 52.3 Å². The van der Waals surface area contributed by atoms with Gasteiger partial charge in [-0.25, -0.2) is 0 Å². The molecular formula is C21H33NO2Sn. The van der Waals surface area contributed by atoms with Gasteiger partial charge in [0, 0.05) is 0 Å². The van der Waals surface area contributed by atoms with Crippen LogP contribution in [-0.2, 0) is 0 Å². The average molecular weight is 450 g/mol. The van der Waals surface area contributed by atoms with Crippen LogP contribution in [0, 0.1) is 9.86 Å². The van der Waals surface area contributed by atoms with Crippen LogP contribution in [0.5, 0.6) is 5.75 Å². The number of nitrogens with two attached hydrogens (primary N) is 1.